The highest BCUT2D eigenvalue weighted by Crippen LogP contribution is 2.36. The molecular formula is C29H36ClN3O3S. The van der Waals surface area contributed by atoms with E-state index in [9.17, 15) is 9.90 Å². The molecule has 0 aliphatic carbocycles. The second-order valence-corrected chi connectivity index (χ2v) is 11.1. The summed E-state index contributed by atoms with van der Waals surface area (Å²) in [5.41, 5.74) is 4.12. The first-order valence-electron chi connectivity index (χ1n) is 12.4. The number of anilines is 1. The summed E-state index contributed by atoms with van der Waals surface area (Å²) < 4.78 is 6.87. The Morgan fingerprint density at radius 2 is 1.89 bits per heavy atom. The van der Waals surface area contributed by atoms with E-state index in [0.717, 1.165) is 71.0 Å². The van der Waals surface area contributed by atoms with Crippen molar-refractivity contribution in [1.82, 2.24) is 10.1 Å². The highest BCUT2D eigenvalue weighted by molar-refractivity contribution is 7.22. The molecule has 0 atom stereocenters. The zero-order valence-corrected chi connectivity index (χ0v) is 23.9. The van der Waals surface area contributed by atoms with Crippen LogP contribution in [0.2, 0.25) is 0 Å². The third-order valence-corrected chi connectivity index (χ3v) is 7.53. The molecule has 0 spiro atoms. The van der Waals surface area contributed by atoms with Crippen LogP contribution in [0.5, 0.6) is 0 Å². The molecule has 2 aromatic heterocycles. The maximum absolute atomic E-state index is 11.3. The number of aromatic nitrogens is 1. The zero-order chi connectivity index (χ0) is 27.3. The Labute approximate surface area is 228 Å². The van der Waals surface area contributed by atoms with Crippen LogP contribution in [0.3, 0.4) is 0 Å². The van der Waals surface area contributed by atoms with Gasteiger partial charge in [0.1, 0.15) is 11.5 Å². The molecule has 1 aromatic carbocycles. The fourth-order valence-electron chi connectivity index (χ4n) is 4.43. The largest absolute Gasteiger partial charge is 0.478 e. The van der Waals surface area contributed by atoms with Gasteiger partial charge in [-0.1, -0.05) is 48.8 Å². The predicted molar refractivity (Wildman–Crippen MR) is 156 cm³/mol. The van der Waals surface area contributed by atoms with Gasteiger partial charge in [0, 0.05) is 59.5 Å². The number of nitrogens with zero attached hydrogens (tertiary/aromatic N) is 3. The fourth-order valence-corrected chi connectivity index (χ4v) is 5.80. The van der Waals surface area contributed by atoms with Crippen LogP contribution in [0.25, 0.3) is 15.7 Å². The van der Waals surface area contributed by atoms with E-state index < -0.39 is 5.97 Å². The number of piperazine rings is 1. The first kappa shape index (κ1) is 28.7. The summed E-state index contributed by atoms with van der Waals surface area (Å²) in [6.07, 6.45) is 1.75. The van der Waals surface area contributed by atoms with Crippen LogP contribution in [-0.2, 0) is 6.54 Å². The zero-order valence-electron chi connectivity index (χ0n) is 22.3. The van der Waals surface area contributed by atoms with Gasteiger partial charge in [-0.2, -0.15) is 0 Å². The van der Waals surface area contributed by atoms with Crippen LogP contribution in [0.1, 0.15) is 67.9 Å². The molecule has 0 radical (unpaired) electrons. The van der Waals surface area contributed by atoms with Gasteiger partial charge in [0.05, 0.1) is 10.6 Å². The van der Waals surface area contributed by atoms with Crippen LogP contribution in [0.15, 0.2) is 58.6 Å². The molecule has 0 saturated carbocycles. The number of allylic oxidation sites excluding steroid dienone is 4. The first-order valence-corrected chi connectivity index (χ1v) is 13.6. The van der Waals surface area contributed by atoms with E-state index in [2.05, 4.69) is 48.0 Å². The first-order chi connectivity index (χ1) is 17.6. The summed E-state index contributed by atoms with van der Waals surface area (Å²) in [4.78, 5) is 16.1. The van der Waals surface area contributed by atoms with Crippen LogP contribution in [-0.4, -0.2) is 47.3 Å². The number of benzene rings is 1. The standard InChI is InChI=1S/C26H30ClN3O3S.C3H6/c1-15(2)23(17(5)27)24-20(25(16(3)4)33-28-24)14-29-8-10-30(11-9-29)22-13-19-12-18(26(31)32)6-7-21(19)34-22;1-3-2/h6-7,12-13,16H,5,8-11,14H2,1-4H3,(H,31,32);3H,1H2,2H3. The summed E-state index contributed by atoms with van der Waals surface area (Å²) in [5, 5.41) is 16.3. The Kier molecular flexibility index (Phi) is 9.76. The SMILES string of the molecule is C=C(Cl)C(=C(C)C)c1noc(C(C)C)c1CN1CCN(c2cc3cc(C(=O)O)ccc3s2)CC1.C=CC. The Morgan fingerprint density at radius 1 is 1.24 bits per heavy atom. The Hall–Kier alpha value is -2.87. The average molecular weight is 542 g/mol. The number of fused-ring (bicyclic) bond motifs is 1. The molecule has 1 fully saturated rings. The van der Waals surface area contributed by atoms with E-state index >= 15 is 0 Å². The Morgan fingerprint density at radius 3 is 2.43 bits per heavy atom. The molecule has 1 N–H and O–H groups in total. The maximum atomic E-state index is 11.3. The van der Waals surface area contributed by atoms with Gasteiger partial charge in [0.15, 0.2) is 0 Å². The molecule has 3 heterocycles. The summed E-state index contributed by atoms with van der Waals surface area (Å²) >= 11 is 8.05. The highest BCUT2D eigenvalue weighted by atomic mass is 35.5. The van der Waals surface area contributed by atoms with Crippen molar-refractivity contribution in [1.29, 1.82) is 0 Å². The number of rotatable bonds is 7. The van der Waals surface area contributed by atoms with Crippen molar-refractivity contribution in [3.05, 3.63) is 76.7 Å². The third kappa shape index (κ3) is 6.72. The monoisotopic (exact) mass is 541 g/mol. The van der Waals surface area contributed by atoms with Crippen LogP contribution in [0.4, 0.5) is 5.00 Å². The van der Waals surface area contributed by atoms with E-state index in [0.29, 0.717) is 10.6 Å². The summed E-state index contributed by atoms with van der Waals surface area (Å²) in [6, 6.07) is 7.42. The van der Waals surface area contributed by atoms with Gasteiger partial charge in [0.25, 0.3) is 0 Å². The molecule has 198 valence electrons. The number of aromatic carboxylic acids is 1. The number of carbonyl (C=O) groups is 1. The number of hydrogen-bond donors (Lipinski definition) is 1. The molecular weight excluding hydrogens is 506 g/mol. The lowest BCUT2D eigenvalue weighted by molar-refractivity contribution is 0.0697. The highest BCUT2D eigenvalue weighted by Gasteiger charge is 2.27. The number of carboxylic acid groups (broad SMARTS) is 1. The Bertz CT molecular complexity index is 1310. The lowest BCUT2D eigenvalue weighted by Crippen LogP contribution is -2.45. The van der Waals surface area contributed by atoms with Gasteiger partial charge in [-0.25, -0.2) is 4.79 Å². The van der Waals surface area contributed by atoms with Crippen molar-refractivity contribution < 1.29 is 14.4 Å². The van der Waals surface area contributed by atoms with Crippen molar-refractivity contribution in [2.45, 2.75) is 47.1 Å². The number of halogens is 1. The van der Waals surface area contributed by atoms with Crippen molar-refractivity contribution >= 4 is 49.6 Å². The van der Waals surface area contributed by atoms with Crippen molar-refractivity contribution in [3.63, 3.8) is 0 Å². The van der Waals surface area contributed by atoms with Gasteiger partial charge in [0.2, 0.25) is 0 Å². The normalized spacial score (nSPS) is 13.9. The Balaban J connectivity index is 0.00000121. The lowest BCUT2D eigenvalue weighted by atomic mass is 9.98. The topological polar surface area (TPSA) is 69.8 Å². The molecule has 1 saturated heterocycles. The van der Waals surface area contributed by atoms with Gasteiger partial charge in [-0.05, 0) is 50.4 Å². The van der Waals surface area contributed by atoms with E-state index in [4.69, 9.17) is 16.1 Å². The van der Waals surface area contributed by atoms with E-state index in [1.165, 1.54) is 5.00 Å². The average Bonchev–Trinajstić information content (AvgIpc) is 3.44. The van der Waals surface area contributed by atoms with Crippen LogP contribution < -0.4 is 4.90 Å². The molecule has 6 nitrogen and oxygen atoms in total. The third-order valence-electron chi connectivity index (χ3n) is 6.17. The second-order valence-electron chi connectivity index (χ2n) is 9.62. The van der Waals surface area contributed by atoms with Gasteiger partial charge >= 0.3 is 5.97 Å². The second kappa shape index (κ2) is 12.6. The minimum absolute atomic E-state index is 0.216. The minimum Gasteiger partial charge on any atom is -0.478 e. The molecule has 1 aliphatic rings. The van der Waals surface area contributed by atoms with Crippen LogP contribution >= 0.6 is 22.9 Å². The summed E-state index contributed by atoms with van der Waals surface area (Å²) in [7, 11) is 0. The number of carboxylic acids is 1. The molecule has 0 bridgehead atoms. The molecule has 1 aliphatic heterocycles. The molecule has 37 heavy (non-hydrogen) atoms. The maximum Gasteiger partial charge on any atom is 0.335 e. The predicted octanol–water partition coefficient (Wildman–Crippen LogP) is 7.77. The summed E-state index contributed by atoms with van der Waals surface area (Å²) in [5.74, 6) is 0.216. The van der Waals surface area contributed by atoms with Gasteiger partial charge in [-0.3, -0.25) is 4.90 Å². The summed E-state index contributed by atoms with van der Waals surface area (Å²) in [6.45, 7) is 21.8. The fraction of sp³-hybridized carbons (Fsp3) is 0.379. The van der Waals surface area contributed by atoms with Crippen molar-refractivity contribution in [2.75, 3.05) is 31.1 Å². The van der Waals surface area contributed by atoms with Crippen molar-refractivity contribution in [3.8, 4) is 0 Å². The number of hydrogen-bond acceptors (Lipinski definition) is 6. The molecule has 0 unspecified atom stereocenters. The van der Waals surface area contributed by atoms with E-state index in [1.54, 1.807) is 29.5 Å². The number of thiophene rings is 1. The van der Waals surface area contributed by atoms with Crippen molar-refractivity contribution in [2.24, 2.45) is 0 Å². The minimum atomic E-state index is -0.897. The van der Waals surface area contributed by atoms with Gasteiger partial charge in [-0.15, -0.1) is 17.9 Å². The molecule has 3 aromatic rings. The quantitative estimate of drug-likeness (QED) is 0.243. The van der Waals surface area contributed by atoms with Crippen LogP contribution in [0, 0.1) is 0 Å². The smallest absolute Gasteiger partial charge is 0.335 e. The molecule has 4 rings (SSSR count). The molecule has 8 heteroatoms. The lowest BCUT2D eigenvalue weighted by Gasteiger charge is -2.35. The van der Waals surface area contributed by atoms with E-state index in [1.807, 2.05) is 26.8 Å². The molecule has 0 amide bonds. The van der Waals surface area contributed by atoms with E-state index in [-0.39, 0.29) is 5.92 Å². The van der Waals surface area contributed by atoms with Gasteiger partial charge < -0.3 is 14.5 Å².